The lowest BCUT2D eigenvalue weighted by atomic mass is 9.96. The molecule has 1 heterocycles. The summed E-state index contributed by atoms with van der Waals surface area (Å²) in [5.74, 6) is 0.673. The van der Waals surface area contributed by atoms with Gasteiger partial charge in [-0.15, -0.1) is 0 Å². The number of benzene rings is 1. The smallest absolute Gasteiger partial charge is 0.0890 e. The molecule has 2 rings (SSSR count). The highest BCUT2D eigenvalue weighted by Crippen LogP contribution is 2.23. The molecule has 0 saturated carbocycles. The summed E-state index contributed by atoms with van der Waals surface area (Å²) >= 11 is 0. The molecule has 1 unspecified atom stereocenters. The summed E-state index contributed by atoms with van der Waals surface area (Å²) in [5, 5.41) is 3.63. The zero-order valence-corrected chi connectivity index (χ0v) is 12.1. The molecule has 1 aromatic heterocycles. The van der Waals surface area contributed by atoms with Crippen molar-refractivity contribution in [3.8, 4) is 0 Å². The van der Waals surface area contributed by atoms with Crippen LogP contribution in [0.1, 0.15) is 45.2 Å². The zero-order valence-electron chi connectivity index (χ0n) is 12.1. The molecule has 3 nitrogen and oxygen atoms in total. The van der Waals surface area contributed by atoms with E-state index in [9.17, 15) is 0 Å². The van der Waals surface area contributed by atoms with Crippen molar-refractivity contribution < 1.29 is 0 Å². The molecule has 102 valence electrons. The Bertz CT molecular complexity index is 522. The van der Waals surface area contributed by atoms with Crippen molar-refractivity contribution in [3.63, 3.8) is 0 Å². The van der Waals surface area contributed by atoms with Crippen LogP contribution >= 0.6 is 0 Å². The number of hydrogen-bond donors (Lipinski definition) is 1. The van der Waals surface area contributed by atoms with Gasteiger partial charge in [0.05, 0.1) is 11.0 Å². The first-order valence-electron chi connectivity index (χ1n) is 7.14. The van der Waals surface area contributed by atoms with Gasteiger partial charge in [0.15, 0.2) is 0 Å². The Morgan fingerprint density at radius 1 is 1.11 bits per heavy atom. The average molecular weight is 257 g/mol. The second-order valence-electron chi connectivity index (χ2n) is 5.44. The van der Waals surface area contributed by atoms with Crippen molar-refractivity contribution in [2.24, 2.45) is 5.92 Å². The van der Waals surface area contributed by atoms with Crippen LogP contribution in [0, 0.1) is 5.92 Å². The number of fused-ring (bicyclic) bond motifs is 1. The minimum atomic E-state index is 0.409. The Morgan fingerprint density at radius 3 is 2.53 bits per heavy atom. The van der Waals surface area contributed by atoms with Crippen molar-refractivity contribution in [1.82, 2.24) is 15.3 Å². The summed E-state index contributed by atoms with van der Waals surface area (Å²) in [6.07, 6.45) is 5.79. The normalized spacial score (nSPS) is 13.1. The lowest BCUT2D eigenvalue weighted by Gasteiger charge is -2.21. The van der Waals surface area contributed by atoms with Crippen molar-refractivity contribution in [1.29, 1.82) is 0 Å². The number of aromatic nitrogens is 2. The van der Waals surface area contributed by atoms with Gasteiger partial charge in [0.1, 0.15) is 0 Å². The van der Waals surface area contributed by atoms with E-state index in [0.717, 1.165) is 30.4 Å². The van der Waals surface area contributed by atoms with E-state index in [1.54, 1.807) is 12.4 Å². The maximum absolute atomic E-state index is 4.39. The largest absolute Gasteiger partial charge is 0.310 e. The maximum Gasteiger partial charge on any atom is 0.0890 e. The van der Waals surface area contributed by atoms with Gasteiger partial charge in [0.25, 0.3) is 0 Å². The van der Waals surface area contributed by atoms with Crippen LogP contribution < -0.4 is 5.32 Å². The molecule has 0 aliphatic rings. The van der Waals surface area contributed by atoms with Crippen LogP contribution in [0.5, 0.6) is 0 Å². The summed E-state index contributed by atoms with van der Waals surface area (Å²) in [6.45, 7) is 7.78. The summed E-state index contributed by atoms with van der Waals surface area (Å²) in [7, 11) is 0. The van der Waals surface area contributed by atoms with E-state index < -0.39 is 0 Å². The fourth-order valence-electron chi connectivity index (χ4n) is 2.32. The zero-order chi connectivity index (χ0) is 13.7. The van der Waals surface area contributed by atoms with E-state index in [4.69, 9.17) is 0 Å². The summed E-state index contributed by atoms with van der Waals surface area (Å²) in [4.78, 5) is 8.72. The molecule has 0 spiro atoms. The van der Waals surface area contributed by atoms with Gasteiger partial charge in [0, 0.05) is 18.4 Å². The second kappa shape index (κ2) is 6.62. The predicted octanol–water partition coefficient (Wildman–Crippen LogP) is 3.72. The molecule has 0 saturated heterocycles. The van der Waals surface area contributed by atoms with Crippen LogP contribution in [0.3, 0.4) is 0 Å². The van der Waals surface area contributed by atoms with E-state index in [1.165, 1.54) is 5.56 Å². The number of nitrogens with one attached hydrogen (secondary N) is 1. The molecule has 0 radical (unpaired) electrons. The second-order valence-corrected chi connectivity index (χ2v) is 5.44. The third kappa shape index (κ3) is 3.74. The molecular formula is C16H23N3. The highest BCUT2D eigenvalue weighted by molar-refractivity contribution is 5.74. The lowest BCUT2D eigenvalue weighted by molar-refractivity contribution is 0.430. The molecule has 0 bridgehead atoms. The first kappa shape index (κ1) is 13.9. The monoisotopic (exact) mass is 257 g/mol. The molecule has 0 aliphatic carbocycles. The number of rotatable bonds is 6. The molecule has 2 aromatic rings. The average Bonchev–Trinajstić information content (AvgIpc) is 2.42. The van der Waals surface area contributed by atoms with Crippen molar-refractivity contribution in [3.05, 3.63) is 36.2 Å². The topological polar surface area (TPSA) is 37.8 Å². The molecule has 1 atom stereocenters. The molecular weight excluding hydrogens is 234 g/mol. The van der Waals surface area contributed by atoms with Crippen LogP contribution in [-0.4, -0.2) is 16.5 Å². The maximum atomic E-state index is 4.39. The number of hydrogen-bond acceptors (Lipinski definition) is 3. The van der Waals surface area contributed by atoms with Gasteiger partial charge >= 0.3 is 0 Å². The SMILES string of the molecule is CCCNC(CC(C)C)c1ccc2nccnc2c1. The van der Waals surface area contributed by atoms with Crippen LogP contribution in [0.4, 0.5) is 0 Å². The minimum Gasteiger partial charge on any atom is -0.310 e. The highest BCUT2D eigenvalue weighted by Gasteiger charge is 2.13. The highest BCUT2D eigenvalue weighted by atomic mass is 14.9. The Morgan fingerprint density at radius 2 is 1.84 bits per heavy atom. The van der Waals surface area contributed by atoms with E-state index in [0.29, 0.717) is 12.0 Å². The predicted molar refractivity (Wildman–Crippen MR) is 80.0 cm³/mol. The Balaban J connectivity index is 2.26. The van der Waals surface area contributed by atoms with E-state index in [2.05, 4.69) is 54.3 Å². The fourth-order valence-corrected chi connectivity index (χ4v) is 2.32. The van der Waals surface area contributed by atoms with E-state index in [1.807, 2.05) is 0 Å². The molecule has 0 amide bonds. The van der Waals surface area contributed by atoms with Crippen molar-refractivity contribution in [2.75, 3.05) is 6.54 Å². The molecule has 3 heteroatoms. The third-order valence-electron chi connectivity index (χ3n) is 3.24. The molecule has 0 aliphatic heterocycles. The van der Waals surface area contributed by atoms with Crippen LogP contribution in [0.25, 0.3) is 11.0 Å². The van der Waals surface area contributed by atoms with E-state index in [-0.39, 0.29) is 0 Å². The van der Waals surface area contributed by atoms with Gasteiger partial charge in [-0.1, -0.05) is 26.8 Å². The summed E-state index contributed by atoms with van der Waals surface area (Å²) in [5.41, 5.74) is 3.26. The van der Waals surface area contributed by atoms with Gasteiger partial charge in [-0.25, -0.2) is 0 Å². The first-order valence-corrected chi connectivity index (χ1v) is 7.14. The van der Waals surface area contributed by atoms with Gasteiger partial charge < -0.3 is 5.32 Å². The Hall–Kier alpha value is -1.48. The van der Waals surface area contributed by atoms with E-state index >= 15 is 0 Å². The molecule has 1 N–H and O–H groups in total. The van der Waals surface area contributed by atoms with Gasteiger partial charge in [-0.3, -0.25) is 9.97 Å². The third-order valence-corrected chi connectivity index (χ3v) is 3.24. The van der Waals surface area contributed by atoms with Crippen LogP contribution in [0.2, 0.25) is 0 Å². The lowest BCUT2D eigenvalue weighted by Crippen LogP contribution is -2.23. The first-order chi connectivity index (χ1) is 9.20. The van der Waals surface area contributed by atoms with Crippen LogP contribution in [0.15, 0.2) is 30.6 Å². The molecule has 1 aromatic carbocycles. The number of nitrogens with zero attached hydrogens (tertiary/aromatic N) is 2. The van der Waals surface area contributed by atoms with Gasteiger partial charge in [0.2, 0.25) is 0 Å². The fraction of sp³-hybridized carbons (Fsp3) is 0.500. The summed E-state index contributed by atoms with van der Waals surface area (Å²) < 4.78 is 0. The minimum absolute atomic E-state index is 0.409. The van der Waals surface area contributed by atoms with Crippen molar-refractivity contribution in [2.45, 2.75) is 39.7 Å². The quantitative estimate of drug-likeness (QED) is 0.857. The Labute approximate surface area is 115 Å². The summed E-state index contributed by atoms with van der Waals surface area (Å²) in [6, 6.07) is 6.81. The molecule has 0 fully saturated rings. The Kier molecular flexibility index (Phi) is 4.86. The standard InChI is InChI=1S/C16H23N3/c1-4-7-17-15(10-12(2)3)13-5-6-14-16(11-13)19-9-8-18-14/h5-6,8-9,11-12,15,17H,4,7,10H2,1-3H3. The van der Waals surface area contributed by atoms with Gasteiger partial charge in [-0.05, 0) is 43.0 Å². The molecule has 19 heavy (non-hydrogen) atoms. The van der Waals surface area contributed by atoms with Crippen LogP contribution in [-0.2, 0) is 0 Å². The van der Waals surface area contributed by atoms with Gasteiger partial charge in [-0.2, -0.15) is 0 Å². The van der Waals surface area contributed by atoms with Crippen molar-refractivity contribution >= 4 is 11.0 Å².